The molecule has 1 aliphatic carbocycles. The Morgan fingerprint density at radius 3 is 1.00 bits per heavy atom. The van der Waals surface area contributed by atoms with Crippen LogP contribution in [0.5, 0.6) is 0 Å². The first-order valence-electron chi connectivity index (χ1n) is 29.9. The number of ketones is 1. The van der Waals surface area contributed by atoms with Crippen molar-refractivity contribution in [1.82, 2.24) is 0 Å². The van der Waals surface area contributed by atoms with Gasteiger partial charge in [-0.3, -0.25) is 4.79 Å². The second kappa shape index (κ2) is 29.5. The van der Waals surface area contributed by atoms with Gasteiger partial charge in [-0.05, 0) is 158 Å². The van der Waals surface area contributed by atoms with Gasteiger partial charge in [0.2, 0.25) is 0 Å². The largest absolute Gasteiger partial charge is 0.289 e. The first kappa shape index (κ1) is 57.0. The number of thiophene rings is 6. The van der Waals surface area contributed by atoms with Crippen LogP contribution in [0.3, 0.4) is 0 Å². The van der Waals surface area contributed by atoms with Crippen molar-refractivity contribution in [3.8, 4) is 71.0 Å². The van der Waals surface area contributed by atoms with E-state index in [0.717, 1.165) is 46.2 Å². The predicted molar refractivity (Wildman–Crippen MR) is 344 cm³/mol. The lowest BCUT2D eigenvalue weighted by atomic mass is 10.0. The van der Waals surface area contributed by atoms with Gasteiger partial charge in [0.05, 0.1) is 0 Å². The van der Waals surface area contributed by atoms with Gasteiger partial charge in [0.15, 0.2) is 5.78 Å². The van der Waals surface area contributed by atoms with Crippen molar-refractivity contribution in [2.24, 2.45) is 0 Å². The summed E-state index contributed by atoms with van der Waals surface area (Å²) in [7, 11) is 0. The molecular weight excluding hydrogens is 1040 g/mol. The Morgan fingerprint density at radius 2 is 0.605 bits per heavy atom. The number of benzene rings is 2. The van der Waals surface area contributed by atoms with Crippen LogP contribution in [0.25, 0.3) is 71.0 Å². The number of fused-ring (bicyclic) bond motifs is 3. The van der Waals surface area contributed by atoms with Gasteiger partial charge < -0.3 is 0 Å². The number of unbranched alkanes of at least 4 members (excludes halogenated alkanes) is 20. The summed E-state index contributed by atoms with van der Waals surface area (Å²) in [6, 6.07) is 37.3. The summed E-state index contributed by atoms with van der Waals surface area (Å²) in [5, 5.41) is 0. The zero-order valence-electron chi connectivity index (χ0n) is 46.4. The molecule has 0 amide bonds. The summed E-state index contributed by atoms with van der Waals surface area (Å²) in [5.74, 6) is 0.159. The van der Waals surface area contributed by atoms with Gasteiger partial charge in [0, 0.05) is 69.7 Å². The lowest BCUT2D eigenvalue weighted by Gasteiger charge is -2.04. The van der Waals surface area contributed by atoms with E-state index in [1.807, 2.05) is 68.0 Å². The van der Waals surface area contributed by atoms with E-state index in [9.17, 15) is 4.79 Å². The molecule has 402 valence electrons. The van der Waals surface area contributed by atoms with E-state index in [1.54, 1.807) is 0 Å². The average molecular weight is 1120 g/mol. The van der Waals surface area contributed by atoms with Crippen LogP contribution in [0.4, 0.5) is 0 Å². The van der Waals surface area contributed by atoms with Gasteiger partial charge in [-0.15, -0.1) is 68.0 Å². The highest BCUT2D eigenvalue weighted by Gasteiger charge is 2.29. The minimum Gasteiger partial charge on any atom is -0.289 e. The molecule has 1 aliphatic rings. The topological polar surface area (TPSA) is 17.1 Å². The van der Waals surface area contributed by atoms with Crippen LogP contribution in [0, 0.1) is 0 Å². The molecule has 0 spiro atoms. The first-order valence-corrected chi connectivity index (χ1v) is 34.8. The molecule has 0 atom stereocenters. The zero-order chi connectivity index (χ0) is 52.5. The summed E-state index contributed by atoms with van der Waals surface area (Å²) in [4.78, 5) is 31.4. The number of hydrogen-bond acceptors (Lipinski definition) is 7. The van der Waals surface area contributed by atoms with Gasteiger partial charge in [0.1, 0.15) is 0 Å². The lowest BCUT2D eigenvalue weighted by Crippen LogP contribution is -1.95. The van der Waals surface area contributed by atoms with Gasteiger partial charge in [-0.25, -0.2) is 0 Å². The van der Waals surface area contributed by atoms with Gasteiger partial charge in [-0.2, -0.15) is 0 Å². The van der Waals surface area contributed by atoms with E-state index < -0.39 is 0 Å². The van der Waals surface area contributed by atoms with Crippen LogP contribution in [0.2, 0.25) is 0 Å². The molecule has 0 saturated carbocycles. The van der Waals surface area contributed by atoms with E-state index in [2.05, 4.69) is 125 Å². The second-order valence-electron chi connectivity index (χ2n) is 21.7. The van der Waals surface area contributed by atoms with Crippen LogP contribution in [-0.2, 0) is 25.7 Å². The quantitative estimate of drug-likeness (QED) is 0.0368. The number of aryl methyl sites for hydroxylation is 4. The molecule has 0 radical (unpaired) electrons. The number of rotatable bonds is 34. The van der Waals surface area contributed by atoms with Crippen molar-refractivity contribution >= 4 is 73.8 Å². The van der Waals surface area contributed by atoms with E-state index >= 15 is 0 Å². The average Bonchev–Trinajstić information content (AvgIpc) is 4.32. The summed E-state index contributed by atoms with van der Waals surface area (Å²) in [5.41, 5.74) is 9.06. The highest BCUT2D eigenvalue weighted by atomic mass is 32.1. The Bertz CT molecular complexity index is 2840. The maximum atomic E-state index is 14.7. The molecule has 7 heteroatoms. The number of carbonyl (C=O) groups excluding carboxylic acids is 1. The molecule has 2 aromatic carbocycles. The standard InChI is InChI=1S/C69H84OS6/c1-5-9-13-17-21-25-29-51-47-65(75-68(51)63-43-41-61(73-63)59-39-35-53(71-59)31-27-23-19-15-11-7-3)49-33-37-55-56-38-34-50(46-58(56)67(70)57(55)45-49)66-48-52(30-26-22-18-14-10-6-2)69(76-66)64-44-42-62(74-64)60-40-36-54(72-60)32-28-24-20-16-12-8-4/h33-48H,5-32H2,1-4H3. The summed E-state index contributed by atoms with van der Waals surface area (Å²) >= 11 is 11.7. The van der Waals surface area contributed by atoms with Gasteiger partial charge in [-0.1, -0.05) is 180 Å². The van der Waals surface area contributed by atoms with E-state index in [-0.39, 0.29) is 5.78 Å². The molecule has 76 heavy (non-hydrogen) atoms. The van der Waals surface area contributed by atoms with Crippen molar-refractivity contribution in [3.63, 3.8) is 0 Å². The molecule has 9 rings (SSSR count). The second-order valence-corrected chi connectivity index (χ2v) is 28.3. The zero-order valence-corrected chi connectivity index (χ0v) is 51.3. The maximum Gasteiger partial charge on any atom is 0.194 e. The third kappa shape index (κ3) is 14.9. The van der Waals surface area contributed by atoms with Crippen LogP contribution >= 0.6 is 68.0 Å². The van der Waals surface area contributed by atoms with Crippen LogP contribution in [0.1, 0.15) is 219 Å². The molecule has 0 saturated heterocycles. The minimum absolute atomic E-state index is 0.159. The van der Waals surface area contributed by atoms with Gasteiger partial charge >= 0.3 is 0 Å². The Morgan fingerprint density at radius 1 is 0.276 bits per heavy atom. The van der Waals surface area contributed by atoms with E-state index in [0.29, 0.717) is 0 Å². The first-order chi connectivity index (χ1) is 37.4. The molecule has 1 nitrogen and oxygen atoms in total. The van der Waals surface area contributed by atoms with Crippen molar-refractivity contribution in [2.75, 3.05) is 0 Å². The molecule has 0 bridgehead atoms. The summed E-state index contributed by atoms with van der Waals surface area (Å²) in [6.07, 6.45) is 36.2. The monoisotopic (exact) mass is 1120 g/mol. The van der Waals surface area contributed by atoms with Crippen molar-refractivity contribution in [3.05, 3.63) is 129 Å². The third-order valence-electron chi connectivity index (χ3n) is 15.6. The Labute approximate surface area is 482 Å². The number of carbonyl (C=O) groups is 1. The smallest absolute Gasteiger partial charge is 0.194 e. The fourth-order valence-corrected chi connectivity index (χ4v) is 18.1. The van der Waals surface area contributed by atoms with Crippen LogP contribution in [0.15, 0.2) is 97.1 Å². The normalized spacial score (nSPS) is 12.1. The van der Waals surface area contributed by atoms with Crippen molar-refractivity contribution < 1.29 is 4.79 Å². The molecule has 6 heterocycles. The lowest BCUT2D eigenvalue weighted by molar-refractivity contribution is 0.104. The predicted octanol–water partition coefficient (Wildman–Crippen LogP) is 24.9. The minimum atomic E-state index is 0.159. The van der Waals surface area contributed by atoms with E-state index in [1.165, 1.54) is 237 Å². The highest BCUT2D eigenvalue weighted by molar-refractivity contribution is 7.28. The van der Waals surface area contributed by atoms with Crippen molar-refractivity contribution in [1.29, 1.82) is 0 Å². The highest BCUT2D eigenvalue weighted by Crippen LogP contribution is 2.49. The van der Waals surface area contributed by atoms with Gasteiger partial charge in [0.25, 0.3) is 0 Å². The Kier molecular flexibility index (Phi) is 22.1. The van der Waals surface area contributed by atoms with E-state index in [4.69, 9.17) is 0 Å². The van der Waals surface area contributed by atoms with Crippen LogP contribution < -0.4 is 0 Å². The summed E-state index contributed by atoms with van der Waals surface area (Å²) < 4.78 is 0. The van der Waals surface area contributed by atoms with Crippen molar-refractivity contribution in [2.45, 2.75) is 207 Å². The summed E-state index contributed by atoms with van der Waals surface area (Å²) in [6.45, 7) is 9.19. The molecule has 8 aromatic rings. The molecular formula is C69H84OS6. The molecule has 0 N–H and O–H groups in total. The number of hydrogen-bond donors (Lipinski definition) is 0. The Balaban J connectivity index is 0.927. The fraction of sp³-hybridized carbons (Fsp3) is 0.464. The fourth-order valence-electron chi connectivity index (χ4n) is 11.1. The third-order valence-corrected chi connectivity index (χ3v) is 23.3. The SMILES string of the molecule is CCCCCCCCc1ccc(-c2ccc(-c3sc(-c4ccc5c(c4)C(=O)c4cc(-c6cc(CCCCCCCC)c(-c7ccc(-c8ccc(CCCCCCCC)s8)s7)s6)ccc4-5)cc3CCCCCCCC)s2)s1. The molecule has 6 aromatic heterocycles. The van der Waals surface area contributed by atoms with Crippen LogP contribution in [-0.4, -0.2) is 5.78 Å². The molecule has 0 aliphatic heterocycles. The molecule has 0 unspecified atom stereocenters. The maximum absolute atomic E-state index is 14.7. The Hall–Kier alpha value is -3.69. The molecule has 0 fully saturated rings.